The molecule has 0 saturated heterocycles. The molecule has 30 heavy (non-hydrogen) atoms. The van der Waals surface area contributed by atoms with Gasteiger partial charge in [0.2, 0.25) is 5.91 Å². The topological polar surface area (TPSA) is 64.0 Å². The van der Waals surface area contributed by atoms with Crippen LogP contribution in [0, 0.1) is 13.8 Å². The van der Waals surface area contributed by atoms with E-state index in [2.05, 4.69) is 36.3 Å². The first-order chi connectivity index (χ1) is 14.4. The Morgan fingerprint density at radius 1 is 1.17 bits per heavy atom. The zero-order chi connectivity index (χ0) is 21.9. The van der Waals surface area contributed by atoms with Crippen LogP contribution < -0.4 is 10.9 Å². The Kier molecular flexibility index (Phi) is 10.1. The van der Waals surface area contributed by atoms with Crippen LogP contribution in [0.5, 0.6) is 0 Å². The van der Waals surface area contributed by atoms with Gasteiger partial charge in [-0.1, -0.05) is 67.8 Å². The fourth-order valence-corrected chi connectivity index (χ4v) is 4.30. The Labute approximate surface area is 184 Å². The second kappa shape index (κ2) is 12.6. The maximum atomic E-state index is 12.9. The summed E-state index contributed by atoms with van der Waals surface area (Å²) in [5.41, 5.74) is 3.85. The maximum Gasteiger partial charge on any atom is 0.257 e. The molecule has 2 aromatic rings. The van der Waals surface area contributed by atoms with Crippen molar-refractivity contribution in [2.75, 3.05) is 12.3 Å². The first-order valence-electron chi connectivity index (χ1n) is 10.9. The molecule has 6 heteroatoms. The number of unbranched alkanes of at least 4 members (excludes halogenated alkanes) is 3. The molecule has 0 unspecified atom stereocenters. The van der Waals surface area contributed by atoms with Crippen LogP contribution in [-0.2, 0) is 18.3 Å². The predicted octanol–water partition coefficient (Wildman–Crippen LogP) is 4.56. The molecule has 164 valence electrons. The van der Waals surface area contributed by atoms with Crippen molar-refractivity contribution in [1.29, 1.82) is 0 Å². The molecule has 1 aromatic carbocycles. The number of nitrogens with one attached hydrogen (secondary N) is 1. The van der Waals surface area contributed by atoms with Crippen molar-refractivity contribution in [3.63, 3.8) is 0 Å². The SMILES string of the molecule is CCCCCCNC(=O)CCCSc1nc(C)c(Cc2cccc(C)c2)c(=O)n1C. The summed E-state index contributed by atoms with van der Waals surface area (Å²) in [5.74, 6) is 0.874. The third kappa shape index (κ3) is 7.63. The molecular weight excluding hydrogens is 394 g/mol. The number of benzene rings is 1. The van der Waals surface area contributed by atoms with E-state index in [1.807, 2.05) is 19.1 Å². The van der Waals surface area contributed by atoms with E-state index in [4.69, 9.17) is 0 Å². The predicted molar refractivity (Wildman–Crippen MR) is 125 cm³/mol. The molecule has 1 heterocycles. The normalized spacial score (nSPS) is 10.9. The number of carbonyl (C=O) groups is 1. The van der Waals surface area contributed by atoms with E-state index in [0.29, 0.717) is 18.0 Å². The van der Waals surface area contributed by atoms with Crippen molar-refractivity contribution in [2.45, 2.75) is 70.9 Å². The minimum absolute atomic E-state index is 0.0105. The molecule has 0 bridgehead atoms. The van der Waals surface area contributed by atoms with Crippen LogP contribution in [0.4, 0.5) is 0 Å². The van der Waals surface area contributed by atoms with E-state index in [1.165, 1.54) is 24.8 Å². The second-order valence-electron chi connectivity index (χ2n) is 7.85. The van der Waals surface area contributed by atoms with Gasteiger partial charge in [-0.05, 0) is 32.3 Å². The minimum atomic E-state index is 0.0105. The first-order valence-corrected chi connectivity index (χ1v) is 11.9. The zero-order valence-electron chi connectivity index (χ0n) is 18.8. The number of aromatic nitrogens is 2. The monoisotopic (exact) mass is 429 g/mol. The lowest BCUT2D eigenvalue weighted by Gasteiger charge is -2.12. The van der Waals surface area contributed by atoms with Gasteiger partial charge in [0, 0.05) is 43.4 Å². The Hall–Kier alpha value is -2.08. The van der Waals surface area contributed by atoms with Crippen LogP contribution in [0.15, 0.2) is 34.2 Å². The summed E-state index contributed by atoms with van der Waals surface area (Å²) in [7, 11) is 1.78. The highest BCUT2D eigenvalue weighted by molar-refractivity contribution is 7.99. The second-order valence-corrected chi connectivity index (χ2v) is 8.91. The molecule has 2 rings (SSSR count). The summed E-state index contributed by atoms with van der Waals surface area (Å²) in [4.78, 5) is 29.5. The number of thioether (sulfide) groups is 1. The molecule has 0 radical (unpaired) electrons. The summed E-state index contributed by atoms with van der Waals surface area (Å²) < 4.78 is 1.64. The average molecular weight is 430 g/mol. The molecule has 0 spiro atoms. The van der Waals surface area contributed by atoms with Crippen molar-refractivity contribution in [2.24, 2.45) is 7.05 Å². The highest BCUT2D eigenvalue weighted by atomic mass is 32.2. The van der Waals surface area contributed by atoms with Crippen molar-refractivity contribution in [3.05, 3.63) is 57.0 Å². The smallest absolute Gasteiger partial charge is 0.257 e. The number of carbonyl (C=O) groups excluding carboxylic acids is 1. The van der Waals surface area contributed by atoms with Gasteiger partial charge in [-0.3, -0.25) is 14.2 Å². The maximum absolute atomic E-state index is 12.9. The standard InChI is InChI=1S/C24H35N3O2S/c1-5-6-7-8-14-25-22(28)13-10-15-30-24-26-19(3)21(23(29)27(24)4)17-20-12-9-11-18(2)16-20/h9,11-12,16H,5-8,10,13-15,17H2,1-4H3,(H,25,28). The molecule has 0 saturated carbocycles. The third-order valence-electron chi connectivity index (χ3n) is 5.15. The van der Waals surface area contributed by atoms with Gasteiger partial charge in [0.25, 0.3) is 5.56 Å². The van der Waals surface area contributed by atoms with Crippen LogP contribution in [0.25, 0.3) is 0 Å². The fourth-order valence-electron chi connectivity index (χ4n) is 3.35. The van der Waals surface area contributed by atoms with Crippen molar-refractivity contribution < 1.29 is 4.79 Å². The lowest BCUT2D eigenvalue weighted by molar-refractivity contribution is -0.121. The molecule has 0 aliphatic heterocycles. The molecule has 0 atom stereocenters. The fraction of sp³-hybridized carbons (Fsp3) is 0.542. The van der Waals surface area contributed by atoms with Gasteiger partial charge in [0.1, 0.15) is 0 Å². The third-order valence-corrected chi connectivity index (χ3v) is 6.26. The molecule has 0 aliphatic carbocycles. The van der Waals surface area contributed by atoms with Crippen molar-refractivity contribution in [3.8, 4) is 0 Å². The number of hydrogen-bond acceptors (Lipinski definition) is 4. The number of rotatable bonds is 12. The van der Waals surface area contributed by atoms with Gasteiger partial charge < -0.3 is 5.32 Å². The molecular formula is C24H35N3O2S. The van der Waals surface area contributed by atoms with E-state index >= 15 is 0 Å². The highest BCUT2D eigenvalue weighted by Crippen LogP contribution is 2.18. The van der Waals surface area contributed by atoms with Crippen molar-refractivity contribution >= 4 is 17.7 Å². The van der Waals surface area contributed by atoms with Crippen molar-refractivity contribution in [1.82, 2.24) is 14.9 Å². The zero-order valence-corrected chi connectivity index (χ0v) is 19.6. The Morgan fingerprint density at radius 3 is 2.70 bits per heavy atom. The lowest BCUT2D eigenvalue weighted by Crippen LogP contribution is -2.26. The summed E-state index contributed by atoms with van der Waals surface area (Å²) in [6, 6.07) is 8.22. The Bertz CT molecular complexity index is 893. The van der Waals surface area contributed by atoms with E-state index in [-0.39, 0.29) is 11.5 Å². The summed E-state index contributed by atoms with van der Waals surface area (Å²) in [6.45, 7) is 6.91. The van der Waals surface area contributed by atoms with Crippen LogP contribution >= 0.6 is 11.8 Å². The molecule has 5 nitrogen and oxygen atoms in total. The average Bonchev–Trinajstić information content (AvgIpc) is 2.72. The van der Waals surface area contributed by atoms with E-state index in [1.54, 1.807) is 23.4 Å². The van der Waals surface area contributed by atoms with Gasteiger partial charge in [0.05, 0.1) is 0 Å². The van der Waals surface area contributed by atoms with Crippen LogP contribution in [0.3, 0.4) is 0 Å². The molecule has 0 aliphatic rings. The van der Waals surface area contributed by atoms with Crippen LogP contribution in [-0.4, -0.2) is 27.8 Å². The number of aryl methyl sites for hydroxylation is 2. The van der Waals surface area contributed by atoms with Crippen LogP contribution in [0.2, 0.25) is 0 Å². The van der Waals surface area contributed by atoms with Gasteiger partial charge >= 0.3 is 0 Å². The van der Waals surface area contributed by atoms with E-state index in [9.17, 15) is 9.59 Å². The number of nitrogens with zero attached hydrogens (tertiary/aromatic N) is 2. The van der Waals surface area contributed by atoms with E-state index < -0.39 is 0 Å². The van der Waals surface area contributed by atoms with Gasteiger partial charge in [-0.25, -0.2) is 4.98 Å². The lowest BCUT2D eigenvalue weighted by atomic mass is 10.0. The van der Waals surface area contributed by atoms with Gasteiger partial charge in [-0.15, -0.1) is 0 Å². The molecule has 1 N–H and O–H groups in total. The summed E-state index contributed by atoms with van der Waals surface area (Å²) in [5, 5.41) is 3.70. The minimum Gasteiger partial charge on any atom is -0.356 e. The molecule has 0 fully saturated rings. The summed E-state index contributed by atoms with van der Waals surface area (Å²) in [6.07, 6.45) is 6.52. The van der Waals surface area contributed by atoms with Gasteiger partial charge in [0.15, 0.2) is 5.16 Å². The van der Waals surface area contributed by atoms with Gasteiger partial charge in [-0.2, -0.15) is 0 Å². The number of hydrogen-bond donors (Lipinski definition) is 1. The quantitative estimate of drug-likeness (QED) is 0.305. The summed E-state index contributed by atoms with van der Waals surface area (Å²) >= 11 is 1.54. The first kappa shape index (κ1) is 24.2. The Morgan fingerprint density at radius 2 is 1.97 bits per heavy atom. The largest absolute Gasteiger partial charge is 0.356 e. The van der Waals surface area contributed by atoms with Crippen LogP contribution in [0.1, 0.15) is 67.8 Å². The Balaban J connectivity index is 1.86. The van der Waals surface area contributed by atoms with E-state index in [0.717, 1.165) is 42.0 Å². The molecule has 1 aromatic heterocycles. The molecule has 1 amide bonds. The highest BCUT2D eigenvalue weighted by Gasteiger charge is 2.13. The number of amides is 1.